The molecule has 0 N–H and O–H groups in total. The molecule has 0 radical (unpaired) electrons. The quantitative estimate of drug-likeness (QED) is 0.0403. The fourth-order valence-electron chi connectivity index (χ4n) is 7.10. The fraction of sp³-hybridized carbons (Fsp3) is 0.440. The molecule has 1 heterocycles. The average Bonchev–Trinajstić information content (AvgIpc) is 3.47. The summed E-state index contributed by atoms with van der Waals surface area (Å²) in [5, 5.41) is 0. The number of benzene rings is 4. The van der Waals surface area contributed by atoms with E-state index in [4.69, 9.17) is 7.76 Å². The van der Waals surface area contributed by atoms with Crippen molar-refractivity contribution in [1.29, 1.82) is 0 Å². The average molecular weight is 786 g/mol. The normalized spacial score (nSPS) is 12.8. The summed E-state index contributed by atoms with van der Waals surface area (Å²) in [6.07, 6.45) is 19.9. The molecule has 1 aliphatic rings. The summed E-state index contributed by atoms with van der Waals surface area (Å²) in [4.78, 5) is 0. The molecule has 0 spiro atoms. The monoisotopic (exact) mass is 784 g/mol. The van der Waals surface area contributed by atoms with Gasteiger partial charge in [-0.05, 0) is 80.8 Å². The Morgan fingerprint density at radius 3 is 1.56 bits per heavy atom. The van der Waals surface area contributed by atoms with Crippen molar-refractivity contribution >= 4 is 11.4 Å². The Labute approximate surface area is 340 Å². The number of rotatable bonds is 24. The summed E-state index contributed by atoms with van der Waals surface area (Å²) >= 11 is 0.863. The van der Waals surface area contributed by atoms with Gasteiger partial charge in [0.1, 0.15) is 0 Å². The Morgan fingerprint density at radius 1 is 0.473 bits per heavy atom. The second kappa shape index (κ2) is 26.3. The molecule has 5 rings (SSSR count). The first-order valence-corrected chi connectivity index (χ1v) is 21.9. The van der Waals surface area contributed by atoms with Crippen molar-refractivity contribution in [3.8, 4) is 0 Å². The zero-order valence-electron chi connectivity index (χ0n) is 34.1. The Balaban J connectivity index is 0.000000328. The van der Waals surface area contributed by atoms with Crippen molar-refractivity contribution in [2.75, 3.05) is 0 Å². The SMILES string of the molecule is CCCCCCCCc1cccc(C2=C(CCCCC)C(C)=C(c3ccc(CCCCCC)cc3)[N+]2=[N-])c1.c1ccc(C[O][Ni][O]Cc2ccccc2)cc1. The summed E-state index contributed by atoms with van der Waals surface area (Å²) in [5.74, 6) is 0. The Bertz CT molecular complexity index is 1690. The maximum absolute atomic E-state index is 11.6. The van der Waals surface area contributed by atoms with E-state index in [0.717, 1.165) is 74.4 Å². The van der Waals surface area contributed by atoms with E-state index in [-0.39, 0.29) is 0 Å². The molecule has 0 aliphatic carbocycles. The molecule has 0 bridgehead atoms. The van der Waals surface area contributed by atoms with Crippen LogP contribution in [0.4, 0.5) is 0 Å². The minimum absolute atomic E-state index is 0.565. The molecule has 4 aromatic rings. The molecular formula is C50H66N2NiO2. The number of allylic oxidation sites excluding steroid dienone is 2. The summed E-state index contributed by atoms with van der Waals surface area (Å²) in [7, 11) is 0. The van der Waals surface area contributed by atoms with E-state index in [2.05, 4.69) is 76.2 Å². The molecule has 298 valence electrons. The van der Waals surface area contributed by atoms with Gasteiger partial charge in [-0.25, -0.2) is 4.70 Å². The first-order chi connectivity index (χ1) is 27.0. The van der Waals surface area contributed by atoms with Gasteiger partial charge in [-0.15, -0.1) is 0 Å². The fourth-order valence-corrected chi connectivity index (χ4v) is 7.63. The number of hydrogen-bond donors (Lipinski definition) is 0. The van der Waals surface area contributed by atoms with Crippen LogP contribution in [0.15, 0.2) is 120 Å². The van der Waals surface area contributed by atoms with Crippen molar-refractivity contribution in [3.05, 3.63) is 159 Å². The van der Waals surface area contributed by atoms with Crippen LogP contribution in [0.1, 0.15) is 151 Å². The minimum atomic E-state index is 0.565. The summed E-state index contributed by atoms with van der Waals surface area (Å²) in [6, 6.07) is 37.9. The van der Waals surface area contributed by atoms with Crippen LogP contribution in [-0.4, -0.2) is 4.70 Å². The van der Waals surface area contributed by atoms with E-state index in [0.29, 0.717) is 13.2 Å². The second-order valence-corrected chi connectivity index (χ2v) is 15.5. The van der Waals surface area contributed by atoms with Crippen molar-refractivity contribution < 1.29 is 27.5 Å². The second-order valence-electron chi connectivity index (χ2n) is 14.8. The van der Waals surface area contributed by atoms with Gasteiger partial charge in [0.25, 0.3) is 0 Å². The Kier molecular flexibility index (Phi) is 21.1. The Hall–Kier alpha value is -3.63. The molecular weight excluding hydrogens is 719 g/mol. The van der Waals surface area contributed by atoms with Crippen molar-refractivity contribution in [3.63, 3.8) is 0 Å². The topological polar surface area (TPSA) is 43.8 Å². The first kappa shape index (κ1) is 44.1. The molecule has 0 unspecified atom stereocenters. The van der Waals surface area contributed by atoms with E-state index in [1.54, 1.807) is 0 Å². The van der Waals surface area contributed by atoms with Gasteiger partial charge in [0, 0.05) is 22.3 Å². The van der Waals surface area contributed by atoms with E-state index in [9.17, 15) is 5.53 Å². The number of hydrogen-bond acceptors (Lipinski definition) is 2. The number of nitrogens with zero attached hydrogens (tertiary/aromatic N) is 2. The molecule has 4 nitrogen and oxygen atoms in total. The molecule has 4 aromatic carbocycles. The molecule has 0 saturated heterocycles. The number of unbranched alkanes of at least 4 members (excludes halogenated alkanes) is 10. The van der Waals surface area contributed by atoms with Gasteiger partial charge < -0.3 is 5.53 Å². The van der Waals surface area contributed by atoms with Gasteiger partial charge in [-0.1, -0.05) is 109 Å². The van der Waals surface area contributed by atoms with Crippen LogP contribution in [0.3, 0.4) is 0 Å². The van der Waals surface area contributed by atoms with Gasteiger partial charge in [-0.2, -0.15) is 0 Å². The van der Waals surface area contributed by atoms with Gasteiger partial charge in [0.2, 0.25) is 11.4 Å². The summed E-state index contributed by atoms with van der Waals surface area (Å²) < 4.78 is 12.2. The molecule has 0 aromatic heterocycles. The molecule has 0 saturated carbocycles. The van der Waals surface area contributed by atoms with E-state index >= 15 is 0 Å². The van der Waals surface area contributed by atoms with Gasteiger partial charge in [0.15, 0.2) is 0 Å². The summed E-state index contributed by atoms with van der Waals surface area (Å²) in [6.45, 7) is 10.1. The van der Waals surface area contributed by atoms with Crippen LogP contribution >= 0.6 is 0 Å². The Morgan fingerprint density at radius 2 is 0.964 bits per heavy atom. The van der Waals surface area contributed by atoms with E-state index < -0.39 is 0 Å². The molecule has 55 heavy (non-hydrogen) atoms. The van der Waals surface area contributed by atoms with Crippen molar-refractivity contribution in [2.45, 2.75) is 144 Å². The van der Waals surface area contributed by atoms with Crippen molar-refractivity contribution in [1.82, 2.24) is 0 Å². The van der Waals surface area contributed by atoms with Crippen LogP contribution in [0.25, 0.3) is 16.9 Å². The zero-order chi connectivity index (χ0) is 38.9. The molecule has 0 fully saturated rings. The maximum atomic E-state index is 11.6. The third-order valence-corrected chi connectivity index (χ3v) is 10.8. The third-order valence-electron chi connectivity index (χ3n) is 10.3. The summed E-state index contributed by atoms with van der Waals surface area (Å²) in [5.41, 5.74) is 23.4. The molecule has 0 atom stereocenters. The van der Waals surface area contributed by atoms with Crippen LogP contribution < -0.4 is 0 Å². The van der Waals surface area contributed by atoms with Crippen LogP contribution in [0.5, 0.6) is 0 Å². The van der Waals surface area contributed by atoms with Crippen LogP contribution in [0, 0.1) is 0 Å². The van der Waals surface area contributed by atoms with Gasteiger partial charge >= 0.3 is 108 Å². The zero-order valence-corrected chi connectivity index (χ0v) is 35.1. The molecule has 0 amide bonds. The molecule has 1 aliphatic heterocycles. The predicted molar refractivity (Wildman–Crippen MR) is 228 cm³/mol. The molecule has 5 heteroatoms. The van der Waals surface area contributed by atoms with E-state index in [1.165, 1.54) is 104 Å². The van der Waals surface area contributed by atoms with E-state index in [1.807, 2.05) is 60.7 Å². The standard InChI is InChI=1S/C36H52N2.2C7H7O.Ni/c1-5-8-11-13-14-17-20-31-21-18-22-33(28-31)36-34(23-15-10-7-3)29(4)35(38(36)37)32-26-24-30(25-27-32)19-16-12-9-6-2;2*8-6-7-4-2-1-3-5-7;/h18,21-22,24-28H,5-17,19-20,23H2,1-4H3;2*1-5H,6H2;/q;2*-1;+2. The van der Waals surface area contributed by atoms with Gasteiger partial charge in [-0.3, -0.25) is 0 Å². The van der Waals surface area contributed by atoms with Crippen molar-refractivity contribution in [2.24, 2.45) is 0 Å². The van der Waals surface area contributed by atoms with Gasteiger partial charge in [0.05, 0.1) is 0 Å². The third kappa shape index (κ3) is 15.4. The van der Waals surface area contributed by atoms with Crippen LogP contribution in [-0.2, 0) is 48.9 Å². The first-order valence-electron chi connectivity index (χ1n) is 21.1. The number of aryl methyl sites for hydroxylation is 2. The van der Waals surface area contributed by atoms with Crippen LogP contribution in [0.2, 0.25) is 0 Å². The predicted octanol–water partition coefficient (Wildman–Crippen LogP) is 14.8.